The van der Waals surface area contributed by atoms with Crippen LogP contribution in [0.25, 0.3) is 6.08 Å². The van der Waals surface area contributed by atoms with Gasteiger partial charge in [0.1, 0.15) is 5.82 Å². The Balaban J connectivity index is 2.28. The normalized spacial score (nSPS) is 21.2. The number of halogens is 1. The smallest absolute Gasteiger partial charge is 0.355 e. The van der Waals surface area contributed by atoms with Crippen molar-refractivity contribution < 1.29 is 23.5 Å². The average molecular weight is 304 g/mol. The molecule has 0 aliphatic carbocycles. The van der Waals surface area contributed by atoms with Gasteiger partial charge in [0.25, 0.3) is 0 Å². The zero-order valence-corrected chi connectivity index (χ0v) is 12.4. The van der Waals surface area contributed by atoms with E-state index in [4.69, 9.17) is 9.47 Å². The SMILES string of the molecule is CC(C)OC(=O)[C@@]1(/C=C/c2ccc(F)cc2)CC(=O)C=CO1. The third kappa shape index (κ3) is 3.81. The quantitative estimate of drug-likeness (QED) is 0.802. The van der Waals surface area contributed by atoms with Gasteiger partial charge in [-0.25, -0.2) is 9.18 Å². The molecular formula is C17H17FO4. The molecule has 5 heteroatoms. The maximum Gasteiger partial charge on any atom is 0.355 e. The van der Waals surface area contributed by atoms with E-state index < -0.39 is 11.6 Å². The van der Waals surface area contributed by atoms with Gasteiger partial charge < -0.3 is 9.47 Å². The van der Waals surface area contributed by atoms with E-state index in [9.17, 15) is 14.0 Å². The van der Waals surface area contributed by atoms with Crippen LogP contribution in [0.4, 0.5) is 4.39 Å². The molecule has 116 valence electrons. The summed E-state index contributed by atoms with van der Waals surface area (Å²) in [4.78, 5) is 24.0. The van der Waals surface area contributed by atoms with Crippen molar-refractivity contribution in [2.24, 2.45) is 0 Å². The summed E-state index contributed by atoms with van der Waals surface area (Å²) in [6.07, 6.45) is 5.09. The molecule has 1 heterocycles. The summed E-state index contributed by atoms with van der Waals surface area (Å²) in [5, 5.41) is 0. The molecule has 2 rings (SSSR count). The summed E-state index contributed by atoms with van der Waals surface area (Å²) in [5.41, 5.74) is -0.798. The van der Waals surface area contributed by atoms with Crippen molar-refractivity contribution in [2.75, 3.05) is 0 Å². The van der Waals surface area contributed by atoms with Gasteiger partial charge in [-0.2, -0.15) is 0 Å². The van der Waals surface area contributed by atoms with Gasteiger partial charge in [0.15, 0.2) is 5.78 Å². The van der Waals surface area contributed by atoms with Crippen LogP contribution < -0.4 is 0 Å². The van der Waals surface area contributed by atoms with E-state index in [1.807, 2.05) is 0 Å². The number of rotatable bonds is 4. The Hall–Kier alpha value is -2.43. The predicted molar refractivity (Wildman–Crippen MR) is 79.2 cm³/mol. The number of allylic oxidation sites excluding steroid dienone is 1. The van der Waals surface area contributed by atoms with Crippen LogP contribution in [0.5, 0.6) is 0 Å². The summed E-state index contributed by atoms with van der Waals surface area (Å²) < 4.78 is 23.5. The molecule has 0 amide bonds. The largest absolute Gasteiger partial charge is 0.478 e. The molecule has 0 aromatic heterocycles. The molecule has 4 nitrogen and oxygen atoms in total. The van der Waals surface area contributed by atoms with Crippen molar-refractivity contribution in [3.8, 4) is 0 Å². The minimum absolute atomic E-state index is 0.132. The van der Waals surface area contributed by atoms with Crippen molar-refractivity contribution in [1.82, 2.24) is 0 Å². The number of hydrogen-bond donors (Lipinski definition) is 0. The lowest BCUT2D eigenvalue weighted by atomic mass is 9.93. The number of ether oxygens (including phenoxy) is 2. The Morgan fingerprint density at radius 2 is 2.05 bits per heavy atom. The van der Waals surface area contributed by atoms with Crippen LogP contribution in [0.3, 0.4) is 0 Å². The number of carbonyl (C=O) groups is 2. The fourth-order valence-corrected chi connectivity index (χ4v) is 2.00. The van der Waals surface area contributed by atoms with Crippen molar-refractivity contribution >= 4 is 17.8 Å². The van der Waals surface area contributed by atoms with Gasteiger partial charge in [0.2, 0.25) is 5.60 Å². The molecule has 0 unspecified atom stereocenters. The molecular weight excluding hydrogens is 287 g/mol. The van der Waals surface area contributed by atoms with Gasteiger partial charge in [0, 0.05) is 6.08 Å². The summed E-state index contributed by atoms with van der Waals surface area (Å²) in [6.45, 7) is 3.44. The number of benzene rings is 1. The van der Waals surface area contributed by atoms with Crippen LogP contribution in [-0.2, 0) is 19.1 Å². The highest BCUT2D eigenvalue weighted by molar-refractivity contribution is 5.97. The molecule has 0 bridgehead atoms. The molecule has 1 aromatic rings. The maximum absolute atomic E-state index is 12.9. The lowest BCUT2D eigenvalue weighted by Crippen LogP contribution is -2.44. The monoisotopic (exact) mass is 304 g/mol. The minimum atomic E-state index is -1.48. The summed E-state index contributed by atoms with van der Waals surface area (Å²) >= 11 is 0. The van der Waals surface area contributed by atoms with Crippen LogP contribution in [0, 0.1) is 5.82 Å². The molecule has 1 atom stereocenters. The topological polar surface area (TPSA) is 52.6 Å². The fraction of sp³-hybridized carbons (Fsp3) is 0.294. The number of carbonyl (C=O) groups excluding carboxylic acids is 2. The molecule has 0 saturated heterocycles. The lowest BCUT2D eigenvalue weighted by molar-refractivity contribution is -0.167. The van der Waals surface area contributed by atoms with Crippen molar-refractivity contribution in [1.29, 1.82) is 0 Å². The van der Waals surface area contributed by atoms with E-state index in [-0.39, 0.29) is 24.1 Å². The molecule has 0 saturated carbocycles. The van der Waals surface area contributed by atoms with E-state index in [2.05, 4.69) is 0 Å². The number of hydrogen-bond acceptors (Lipinski definition) is 4. The summed E-state index contributed by atoms with van der Waals surface area (Å²) in [6, 6.07) is 5.75. The van der Waals surface area contributed by atoms with Crippen LogP contribution in [0.2, 0.25) is 0 Å². The second-order valence-corrected chi connectivity index (χ2v) is 5.29. The Morgan fingerprint density at radius 1 is 1.36 bits per heavy atom. The third-order valence-electron chi connectivity index (χ3n) is 3.07. The highest BCUT2D eigenvalue weighted by atomic mass is 19.1. The first-order valence-corrected chi connectivity index (χ1v) is 6.94. The van der Waals surface area contributed by atoms with Gasteiger partial charge in [-0.05, 0) is 37.6 Å². The Labute approximate surface area is 128 Å². The first-order chi connectivity index (χ1) is 10.4. The number of ketones is 1. The first-order valence-electron chi connectivity index (χ1n) is 6.94. The Bertz CT molecular complexity index is 616. The lowest BCUT2D eigenvalue weighted by Gasteiger charge is -2.30. The van der Waals surface area contributed by atoms with E-state index in [0.717, 1.165) is 0 Å². The maximum atomic E-state index is 12.9. The first kappa shape index (κ1) is 15.9. The predicted octanol–water partition coefficient (Wildman–Crippen LogP) is 3.03. The molecule has 1 aliphatic heterocycles. The van der Waals surface area contributed by atoms with Gasteiger partial charge in [-0.15, -0.1) is 0 Å². The zero-order chi connectivity index (χ0) is 16.2. The Kier molecular flexibility index (Phi) is 4.75. The van der Waals surface area contributed by atoms with Crippen LogP contribution in [-0.4, -0.2) is 23.5 Å². The van der Waals surface area contributed by atoms with Crippen molar-refractivity contribution in [2.45, 2.75) is 32.0 Å². The summed E-state index contributed by atoms with van der Waals surface area (Å²) in [7, 11) is 0. The van der Waals surface area contributed by atoms with Crippen LogP contribution in [0.1, 0.15) is 25.8 Å². The van der Waals surface area contributed by atoms with E-state index in [1.54, 1.807) is 32.1 Å². The van der Waals surface area contributed by atoms with Gasteiger partial charge >= 0.3 is 5.97 Å². The third-order valence-corrected chi connectivity index (χ3v) is 3.07. The minimum Gasteiger partial charge on any atom is -0.478 e. The van der Waals surface area contributed by atoms with Crippen molar-refractivity contribution in [3.05, 3.63) is 54.1 Å². The molecule has 1 aliphatic rings. The average Bonchev–Trinajstić information content (AvgIpc) is 2.46. The van der Waals surface area contributed by atoms with Gasteiger partial charge in [-0.3, -0.25) is 4.79 Å². The van der Waals surface area contributed by atoms with Gasteiger partial charge in [0.05, 0.1) is 18.8 Å². The molecule has 0 spiro atoms. The second-order valence-electron chi connectivity index (χ2n) is 5.29. The number of esters is 1. The molecule has 0 fully saturated rings. The molecule has 1 aromatic carbocycles. The highest BCUT2D eigenvalue weighted by Crippen LogP contribution is 2.27. The van der Waals surface area contributed by atoms with Crippen molar-refractivity contribution in [3.63, 3.8) is 0 Å². The molecule has 22 heavy (non-hydrogen) atoms. The highest BCUT2D eigenvalue weighted by Gasteiger charge is 2.43. The second kappa shape index (κ2) is 6.56. The van der Waals surface area contributed by atoms with Gasteiger partial charge in [-0.1, -0.05) is 18.2 Å². The molecule has 0 N–H and O–H groups in total. The van der Waals surface area contributed by atoms with E-state index >= 15 is 0 Å². The zero-order valence-electron chi connectivity index (χ0n) is 12.4. The van der Waals surface area contributed by atoms with Crippen LogP contribution >= 0.6 is 0 Å². The van der Waals surface area contributed by atoms with Crippen LogP contribution in [0.15, 0.2) is 42.7 Å². The fourth-order valence-electron chi connectivity index (χ4n) is 2.00. The van der Waals surface area contributed by atoms with E-state index in [0.29, 0.717) is 5.56 Å². The standard InChI is InChI=1S/C17H17FO4/c1-12(2)22-16(20)17(11-15(19)8-10-21-17)9-7-13-3-5-14(18)6-4-13/h3-10,12H,11H2,1-2H3/b9-7+/t17-/m1/s1. The Morgan fingerprint density at radius 3 is 2.64 bits per heavy atom. The summed E-state index contributed by atoms with van der Waals surface area (Å²) in [5.74, 6) is -1.20. The van der Waals surface area contributed by atoms with E-state index in [1.165, 1.54) is 30.5 Å². The molecule has 0 radical (unpaired) electrons.